The van der Waals surface area contributed by atoms with Gasteiger partial charge in [-0.15, -0.1) is 16.9 Å². The molecule has 0 saturated carbocycles. The summed E-state index contributed by atoms with van der Waals surface area (Å²) in [7, 11) is 0. The minimum Gasteiger partial charge on any atom is -0.396 e. The molecule has 7 rings (SSSR count). The average Bonchev–Trinajstić information content (AvgIpc) is 3.52. The Morgan fingerprint density at radius 2 is 1.69 bits per heavy atom. The summed E-state index contributed by atoms with van der Waals surface area (Å²) in [5, 5.41) is 18.2. The van der Waals surface area contributed by atoms with Crippen LogP contribution in [0.25, 0.3) is 11.0 Å². The average molecular weight is 585 g/mol. The van der Waals surface area contributed by atoms with E-state index in [1.807, 2.05) is 79.7 Å². The summed E-state index contributed by atoms with van der Waals surface area (Å²) in [4.78, 5) is 48.4. The van der Waals surface area contributed by atoms with E-state index >= 15 is 0 Å². The normalized spacial score (nSPS) is 30.5. The van der Waals surface area contributed by atoms with E-state index < -0.39 is 27.4 Å². The zero-order valence-electron chi connectivity index (χ0n) is 23.2. The molecule has 10 nitrogen and oxygen atoms in total. The summed E-state index contributed by atoms with van der Waals surface area (Å²) < 4.78 is 0.0640. The van der Waals surface area contributed by atoms with Crippen molar-refractivity contribution >= 4 is 46.2 Å². The Hall–Kier alpha value is -3.96. The van der Waals surface area contributed by atoms with Gasteiger partial charge in [-0.05, 0) is 37.6 Å². The maximum atomic E-state index is 14.5. The van der Waals surface area contributed by atoms with E-state index in [1.54, 1.807) is 31.1 Å². The van der Waals surface area contributed by atoms with Gasteiger partial charge in [0.2, 0.25) is 17.7 Å². The number of rotatable bonds is 6. The van der Waals surface area contributed by atoms with Crippen LogP contribution in [0, 0.1) is 11.8 Å². The third-order valence-corrected chi connectivity index (χ3v) is 10.8. The number of anilines is 1. The molecule has 1 unspecified atom stereocenters. The molecule has 4 aliphatic rings. The number of nitrogens with zero attached hydrogens (tertiary/aromatic N) is 6. The van der Waals surface area contributed by atoms with Crippen LogP contribution in [0.4, 0.5) is 5.69 Å². The van der Waals surface area contributed by atoms with Crippen LogP contribution < -0.4 is 4.90 Å². The van der Waals surface area contributed by atoms with Crippen molar-refractivity contribution in [3.63, 3.8) is 0 Å². The quantitative estimate of drug-likeness (QED) is 0.443. The van der Waals surface area contributed by atoms with Gasteiger partial charge in [0.15, 0.2) is 0 Å². The zero-order valence-corrected chi connectivity index (χ0v) is 24.1. The molecule has 3 amide bonds. The fourth-order valence-electron chi connectivity index (χ4n) is 7.20. The van der Waals surface area contributed by atoms with Crippen LogP contribution in [0.1, 0.15) is 13.3 Å². The second kappa shape index (κ2) is 10.1. The number of hydrogen-bond acceptors (Lipinski definition) is 7. The van der Waals surface area contributed by atoms with E-state index in [0.29, 0.717) is 19.5 Å². The molecule has 5 atom stereocenters. The van der Waals surface area contributed by atoms with E-state index in [2.05, 4.69) is 16.4 Å². The number of para-hydroxylation sites is 2. The lowest BCUT2D eigenvalue weighted by molar-refractivity contribution is -0.143. The van der Waals surface area contributed by atoms with Gasteiger partial charge < -0.3 is 19.8 Å². The minimum atomic E-state index is -0.943. The Balaban J connectivity index is 1.30. The molecule has 42 heavy (non-hydrogen) atoms. The number of hydrogen-bond donors (Lipinski definition) is 1. The van der Waals surface area contributed by atoms with Crippen molar-refractivity contribution in [3.05, 3.63) is 78.9 Å². The largest absolute Gasteiger partial charge is 0.396 e. The summed E-state index contributed by atoms with van der Waals surface area (Å²) in [6.45, 7) is 3.06. The van der Waals surface area contributed by atoms with Crippen molar-refractivity contribution in [2.45, 2.75) is 35.5 Å². The molecule has 3 aromatic rings. The van der Waals surface area contributed by atoms with E-state index in [0.717, 1.165) is 16.7 Å². The Morgan fingerprint density at radius 3 is 2.50 bits per heavy atom. The van der Waals surface area contributed by atoms with Crippen molar-refractivity contribution < 1.29 is 19.5 Å². The first-order valence-corrected chi connectivity index (χ1v) is 15.1. The molecule has 216 valence electrons. The van der Waals surface area contributed by atoms with Gasteiger partial charge in [-0.2, -0.15) is 0 Å². The molecule has 1 spiro atoms. The Kier molecular flexibility index (Phi) is 6.47. The molecule has 0 bridgehead atoms. The van der Waals surface area contributed by atoms with Crippen molar-refractivity contribution in [1.82, 2.24) is 24.8 Å². The lowest BCUT2D eigenvalue weighted by Gasteiger charge is -2.36. The number of thioether (sulfide) groups is 1. The van der Waals surface area contributed by atoms with Crippen molar-refractivity contribution in [3.8, 4) is 0 Å². The number of carbonyl (C=O) groups is 3. The molecular weight excluding hydrogens is 552 g/mol. The molecule has 2 aromatic carbocycles. The number of benzene rings is 2. The summed E-state index contributed by atoms with van der Waals surface area (Å²) in [5.41, 5.74) is 2.33. The molecule has 11 heteroatoms. The van der Waals surface area contributed by atoms with Gasteiger partial charge >= 0.3 is 0 Å². The second-order valence-corrected chi connectivity index (χ2v) is 13.3. The first kappa shape index (κ1) is 26.9. The molecular formula is C31H32N6O4S. The van der Waals surface area contributed by atoms with Gasteiger partial charge in [-0.3, -0.25) is 14.4 Å². The van der Waals surface area contributed by atoms with Crippen LogP contribution in [0.2, 0.25) is 0 Å². The highest BCUT2D eigenvalue weighted by molar-refractivity contribution is 8.02. The summed E-state index contributed by atoms with van der Waals surface area (Å²) in [6.07, 6.45) is 8.36. The first-order chi connectivity index (χ1) is 20.4. The van der Waals surface area contributed by atoms with E-state index in [9.17, 15) is 19.5 Å². The number of aliphatic hydroxyl groups is 1. The first-order valence-electron chi connectivity index (χ1n) is 14.3. The minimum absolute atomic E-state index is 0.107. The molecule has 1 aromatic heterocycles. The monoisotopic (exact) mass is 584 g/mol. The van der Waals surface area contributed by atoms with Gasteiger partial charge in [0.05, 0.1) is 22.1 Å². The molecule has 4 aliphatic heterocycles. The van der Waals surface area contributed by atoms with Gasteiger partial charge in [0.25, 0.3) is 0 Å². The molecule has 0 radical (unpaired) electrons. The number of likely N-dealkylation sites (tertiary alicyclic amines) is 1. The number of aromatic nitrogens is 3. The van der Waals surface area contributed by atoms with Crippen LogP contribution in [0.5, 0.6) is 0 Å². The topological polar surface area (TPSA) is 112 Å². The van der Waals surface area contributed by atoms with Gasteiger partial charge in [0, 0.05) is 36.7 Å². The predicted octanol–water partition coefficient (Wildman–Crippen LogP) is 2.46. The van der Waals surface area contributed by atoms with Gasteiger partial charge in [-0.25, -0.2) is 4.68 Å². The maximum absolute atomic E-state index is 14.5. The number of amides is 3. The number of aliphatic hydroxyl groups excluding tert-OH is 1. The van der Waals surface area contributed by atoms with Gasteiger partial charge in [-0.1, -0.05) is 59.8 Å². The van der Waals surface area contributed by atoms with E-state index in [4.69, 9.17) is 0 Å². The third kappa shape index (κ3) is 3.94. The van der Waals surface area contributed by atoms with Crippen molar-refractivity contribution in [1.29, 1.82) is 0 Å². The van der Waals surface area contributed by atoms with Crippen LogP contribution in [-0.4, -0.2) is 89.4 Å². The van der Waals surface area contributed by atoms with Crippen LogP contribution in [0.3, 0.4) is 0 Å². The molecule has 2 fully saturated rings. The van der Waals surface area contributed by atoms with Gasteiger partial charge in [0.1, 0.15) is 18.2 Å². The van der Waals surface area contributed by atoms with E-state index in [1.165, 1.54) is 0 Å². The van der Waals surface area contributed by atoms with Crippen LogP contribution in [0.15, 0.2) is 78.9 Å². The Morgan fingerprint density at radius 1 is 0.929 bits per heavy atom. The van der Waals surface area contributed by atoms with Crippen molar-refractivity contribution in [2.75, 3.05) is 31.1 Å². The summed E-state index contributed by atoms with van der Waals surface area (Å²) in [6, 6.07) is 16.3. The Labute approximate surface area is 247 Å². The SMILES string of the molecule is C[C@@]12C=CCN(c3ccccc3)C(=O)[C@@H]1[C@H]1C(=O)N(CCCO)C3C(=O)N(Cn4nnc5ccccc54)CC=C[C@@]31S2. The Bertz CT molecular complexity index is 1620. The fourth-order valence-corrected chi connectivity index (χ4v) is 9.36. The highest BCUT2D eigenvalue weighted by Gasteiger charge is 2.73. The highest BCUT2D eigenvalue weighted by atomic mass is 32.2. The number of carbonyl (C=O) groups excluding carboxylic acids is 3. The third-order valence-electron chi connectivity index (χ3n) is 8.99. The van der Waals surface area contributed by atoms with Crippen molar-refractivity contribution in [2.24, 2.45) is 11.8 Å². The fraction of sp³-hybridized carbons (Fsp3) is 0.387. The second-order valence-electron chi connectivity index (χ2n) is 11.5. The lowest BCUT2D eigenvalue weighted by atomic mass is 9.74. The smallest absolute Gasteiger partial charge is 0.248 e. The summed E-state index contributed by atoms with van der Waals surface area (Å²) >= 11 is 1.56. The lowest BCUT2D eigenvalue weighted by Crippen LogP contribution is -2.53. The molecule has 5 heterocycles. The zero-order chi connectivity index (χ0) is 29.1. The predicted molar refractivity (Wildman–Crippen MR) is 159 cm³/mol. The summed E-state index contributed by atoms with van der Waals surface area (Å²) in [5.74, 6) is -1.92. The van der Waals surface area contributed by atoms with Crippen LogP contribution >= 0.6 is 11.8 Å². The van der Waals surface area contributed by atoms with Crippen LogP contribution in [-0.2, 0) is 21.1 Å². The highest BCUT2D eigenvalue weighted by Crippen LogP contribution is 2.65. The maximum Gasteiger partial charge on any atom is 0.248 e. The molecule has 1 N–H and O–H groups in total. The standard InChI is InChI=1S/C31H32N6O4S/c1-30-14-7-17-35(21-10-3-2-4-11-21)27(39)24(30)25-28(40)36(18-9-19-38)26-29(41)34(16-8-15-31(25,26)42-30)20-37-23-13-6-5-12-22(23)32-33-37/h2-8,10-15,24-26,38H,9,16-20H2,1H3/t24-,25-,26?,30+,31-/m0/s1. The molecule has 2 saturated heterocycles. The molecule has 0 aliphatic carbocycles. The van der Waals surface area contributed by atoms with E-state index in [-0.39, 0.29) is 37.5 Å². The number of fused-ring (bicyclic) bond motifs is 3.